The first-order valence-electron chi connectivity index (χ1n) is 8.85. The van der Waals surface area contributed by atoms with Crippen LogP contribution in [0.4, 0.5) is 0 Å². The molecule has 1 aromatic carbocycles. The third-order valence-electron chi connectivity index (χ3n) is 5.04. The van der Waals surface area contributed by atoms with E-state index in [1.165, 1.54) is 21.8 Å². The molecule has 2 heterocycles. The monoisotopic (exact) mass is 372 g/mol. The van der Waals surface area contributed by atoms with Gasteiger partial charge in [0.1, 0.15) is 0 Å². The van der Waals surface area contributed by atoms with Gasteiger partial charge < -0.3 is 10.0 Å². The summed E-state index contributed by atoms with van der Waals surface area (Å²) in [7, 11) is 1.58. The van der Waals surface area contributed by atoms with E-state index in [9.17, 15) is 14.7 Å². The second kappa shape index (κ2) is 8.47. The molecule has 1 saturated heterocycles. The molecule has 1 aromatic heterocycles. The Morgan fingerprint density at radius 2 is 1.88 bits per heavy atom. The molecule has 1 atom stereocenters. The molecule has 0 saturated carbocycles. The molecular weight excluding hydrogens is 348 g/mol. The van der Waals surface area contributed by atoms with Gasteiger partial charge >= 0.3 is 5.97 Å². The van der Waals surface area contributed by atoms with Gasteiger partial charge in [-0.2, -0.15) is 0 Å². The first-order chi connectivity index (χ1) is 12.6. The van der Waals surface area contributed by atoms with E-state index in [1.807, 2.05) is 17.5 Å². The van der Waals surface area contributed by atoms with Crippen molar-refractivity contribution in [3.63, 3.8) is 0 Å². The van der Waals surface area contributed by atoms with Crippen LogP contribution in [0, 0.1) is 0 Å². The number of carbonyl (C=O) groups is 2. The third-order valence-corrected chi connectivity index (χ3v) is 5.97. The molecule has 2 aromatic rings. The fourth-order valence-corrected chi connectivity index (χ4v) is 4.38. The smallest absolute Gasteiger partial charge is 0.331 e. The number of rotatable bonds is 6. The first kappa shape index (κ1) is 18.6. The van der Waals surface area contributed by atoms with Crippen molar-refractivity contribution in [2.24, 2.45) is 0 Å². The predicted octanol–water partition coefficient (Wildman–Crippen LogP) is 3.21. The molecule has 0 spiro atoms. The quantitative estimate of drug-likeness (QED) is 0.846. The zero-order chi connectivity index (χ0) is 18.5. The summed E-state index contributed by atoms with van der Waals surface area (Å²) in [5.74, 6) is -0.604. The van der Waals surface area contributed by atoms with Gasteiger partial charge in [0.15, 0.2) is 6.04 Å². The van der Waals surface area contributed by atoms with Crippen LogP contribution in [-0.2, 0) is 9.59 Å². The summed E-state index contributed by atoms with van der Waals surface area (Å²) in [6, 6.07) is 13.1. The number of piperidine rings is 1. The van der Waals surface area contributed by atoms with Crippen LogP contribution in [0.25, 0.3) is 0 Å². The lowest BCUT2D eigenvalue weighted by Gasteiger charge is -2.33. The molecule has 26 heavy (non-hydrogen) atoms. The van der Waals surface area contributed by atoms with E-state index in [4.69, 9.17) is 0 Å². The standard InChI is InChI=1S/C20H24N2O3S/c1-21(19(20(24)25)17-8-5-13-26-17)18(23)14-22-11-9-16(10-12-22)15-6-3-2-4-7-15/h2-8,13,16,19H,9-12,14H2,1H3,(H,24,25)/t19-/m0/s1. The predicted molar refractivity (Wildman–Crippen MR) is 102 cm³/mol. The Labute approximate surface area is 157 Å². The van der Waals surface area contributed by atoms with Crippen LogP contribution in [0.5, 0.6) is 0 Å². The molecule has 0 bridgehead atoms. The van der Waals surface area contributed by atoms with Crippen LogP contribution >= 0.6 is 11.3 Å². The van der Waals surface area contributed by atoms with Gasteiger partial charge in [0.05, 0.1) is 6.54 Å². The van der Waals surface area contributed by atoms with E-state index >= 15 is 0 Å². The number of nitrogens with zero attached hydrogens (tertiary/aromatic N) is 2. The number of benzene rings is 1. The lowest BCUT2D eigenvalue weighted by molar-refractivity contribution is -0.149. The fourth-order valence-electron chi connectivity index (χ4n) is 3.52. The highest BCUT2D eigenvalue weighted by Gasteiger charge is 2.30. The van der Waals surface area contributed by atoms with Crippen molar-refractivity contribution in [2.75, 3.05) is 26.7 Å². The van der Waals surface area contributed by atoms with Crippen molar-refractivity contribution in [1.29, 1.82) is 0 Å². The molecule has 5 nitrogen and oxygen atoms in total. The Bertz CT molecular complexity index is 725. The van der Waals surface area contributed by atoms with Crippen molar-refractivity contribution >= 4 is 23.2 Å². The van der Waals surface area contributed by atoms with Crippen molar-refractivity contribution < 1.29 is 14.7 Å². The molecule has 1 fully saturated rings. The second-order valence-corrected chi connectivity index (χ2v) is 7.70. The number of amides is 1. The van der Waals surface area contributed by atoms with E-state index < -0.39 is 12.0 Å². The second-order valence-electron chi connectivity index (χ2n) is 6.72. The number of carboxylic acids is 1. The summed E-state index contributed by atoms with van der Waals surface area (Å²) in [6.07, 6.45) is 2.04. The van der Waals surface area contributed by atoms with Gasteiger partial charge in [-0.25, -0.2) is 4.79 Å². The average Bonchev–Trinajstić information content (AvgIpc) is 3.17. The molecule has 1 aliphatic rings. The lowest BCUT2D eigenvalue weighted by atomic mass is 9.89. The Morgan fingerprint density at radius 3 is 2.46 bits per heavy atom. The Balaban J connectivity index is 1.56. The number of aliphatic carboxylic acids is 1. The molecule has 6 heteroatoms. The van der Waals surface area contributed by atoms with Crippen LogP contribution in [0.3, 0.4) is 0 Å². The number of hydrogen-bond donors (Lipinski definition) is 1. The largest absolute Gasteiger partial charge is 0.479 e. The maximum atomic E-state index is 12.6. The van der Waals surface area contributed by atoms with Crippen molar-refractivity contribution in [2.45, 2.75) is 24.8 Å². The van der Waals surface area contributed by atoms with Gasteiger partial charge in [-0.3, -0.25) is 9.69 Å². The normalized spacial score (nSPS) is 17.0. The molecular formula is C20H24N2O3S. The summed E-state index contributed by atoms with van der Waals surface area (Å²) < 4.78 is 0. The Morgan fingerprint density at radius 1 is 1.19 bits per heavy atom. The van der Waals surface area contributed by atoms with Gasteiger partial charge in [0, 0.05) is 11.9 Å². The van der Waals surface area contributed by atoms with Gasteiger partial charge in [-0.15, -0.1) is 11.3 Å². The summed E-state index contributed by atoms with van der Waals surface area (Å²) in [4.78, 5) is 28.4. The van der Waals surface area contributed by atoms with Gasteiger partial charge in [0.2, 0.25) is 5.91 Å². The summed E-state index contributed by atoms with van der Waals surface area (Å²) in [6.45, 7) is 1.99. The van der Waals surface area contributed by atoms with E-state index in [1.54, 1.807) is 13.1 Å². The molecule has 1 N–H and O–H groups in total. The SMILES string of the molecule is CN(C(=O)CN1CCC(c2ccccc2)CC1)[C@H](C(=O)O)c1cccs1. The number of carbonyl (C=O) groups excluding carboxylic acids is 1. The summed E-state index contributed by atoms with van der Waals surface area (Å²) in [5.41, 5.74) is 1.36. The number of likely N-dealkylation sites (N-methyl/N-ethyl adjacent to an activating group) is 1. The topological polar surface area (TPSA) is 60.9 Å². The molecule has 3 rings (SSSR count). The van der Waals surface area contributed by atoms with Gasteiger partial charge in [0.25, 0.3) is 0 Å². The van der Waals surface area contributed by atoms with Crippen LogP contribution in [0.15, 0.2) is 47.8 Å². The number of likely N-dealkylation sites (tertiary alicyclic amines) is 1. The van der Waals surface area contributed by atoms with E-state index in [-0.39, 0.29) is 12.5 Å². The minimum absolute atomic E-state index is 0.149. The van der Waals surface area contributed by atoms with Crippen LogP contribution < -0.4 is 0 Å². The van der Waals surface area contributed by atoms with Crippen LogP contribution in [0.2, 0.25) is 0 Å². The van der Waals surface area contributed by atoms with E-state index in [0.29, 0.717) is 10.8 Å². The maximum Gasteiger partial charge on any atom is 0.331 e. The highest BCUT2D eigenvalue weighted by atomic mass is 32.1. The molecule has 1 amide bonds. The maximum absolute atomic E-state index is 12.6. The zero-order valence-corrected chi connectivity index (χ0v) is 15.7. The summed E-state index contributed by atoms with van der Waals surface area (Å²) >= 11 is 1.36. The Kier molecular flexibility index (Phi) is 6.06. The van der Waals surface area contributed by atoms with Crippen LogP contribution in [-0.4, -0.2) is 53.5 Å². The van der Waals surface area contributed by atoms with Crippen molar-refractivity contribution in [3.05, 3.63) is 58.3 Å². The van der Waals surface area contributed by atoms with Gasteiger partial charge in [-0.1, -0.05) is 36.4 Å². The number of hydrogen-bond acceptors (Lipinski definition) is 4. The lowest BCUT2D eigenvalue weighted by Crippen LogP contribution is -2.44. The highest BCUT2D eigenvalue weighted by Crippen LogP contribution is 2.28. The molecule has 1 aliphatic heterocycles. The fraction of sp³-hybridized carbons (Fsp3) is 0.400. The molecule has 0 radical (unpaired) electrons. The Hall–Kier alpha value is -2.18. The van der Waals surface area contributed by atoms with Gasteiger partial charge in [-0.05, 0) is 48.9 Å². The minimum Gasteiger partial charge on any atom is -0.479 e. The highest BCUT2D eigenvalue weighted by molar-refractivity contribution is 7.10. The van der Waals surface area contributed by atoms with E-state index in [2.05, 4.69) is 29.2 Å². The first-order valence-corrected chi connectivity index (χ1v) is 9.73. The zero-order valence-electron chi connectivity index (χ0n) is 14.9. The average molecular weight is 372 g/mol. The molecule has 0 unspecified atom stereocenters. The minimum atomic E-state index is -0.994. The van der Waals surface area contributed by atoms with Crippen molar-refractivity contribution in [3.8, 4) is 0 Å². The molecule has 138 valence electrons. The number of thiophene rings is 1. The van der Waals surface area contributed by atoms with Crippen molar-refractivity contribution in [1.82, 2.24) is 9.80 Å². The van der Waals surface area contributed by atoms with E-state index in [0.717, 1.165) is 25.9 Å². The number of carboxylic acid groups (broad SMARTS) is 1. The third kappa shape index (κ3) is 4.31. The summed E-state index contributed by atoms with van der Waals surface area (Å²) in [5, 5.41) is 11.4. The molecule has 0 aliphatic carbocycles. The van der Waals surface area contributed by atoms with Crippen LogP contribution in [0.1, 0.15) is 35.2 Å².